The van der Waals surface area contributed by atoms with E-state index in [0.29, 0.717) is 22.8 Å². The number of nitrogens with zero attached hydrogens (tertiary/aromatic N) is 5. The van der Waals surface area contributed by atoms with E-state index in [-0.39, 0.29) is 19.0 Å². The second kappa shape index (κ2) is 7.30. The van der Waals surface area contributed by atoms with Gasteiger partial charge in [0.2, 0.25) is 5.91 Å². The smallest absolute Gasteiger partial charge is 0.348 e. The van der Waals surface area contributed by atoms with Crippen LogP contribution in [0.5, 0.6) is 0 Å². The molecule has 0 radical (unpaired) electrons. The minimum absolute atomic E-state index is 0.0714. The molecule has 134 valence electrons. The molecule has 0 aliphatic rings. The summed E-state index contributed by atoms with van der Waals surface area (Å²) in [4.78, 5) is 33.8. The topological polar surface area (TPSA) is 94.1 Å². The van der Waals surface area contributed by atoms with Gasteiger partial charge in [-0.15, -0.1) is 0 Å². The Morgan fingerprint density at radius 1 is 1.31 bits per heavy atom. The molecule has 0 saturated carbocycles. The average molecular weight is 353 g/mol. The maximum absolute atomic E-state index is 12.4. The number of aromatic nitrogens is 4. The van der Waals surface area contributed by atoms with Crippen molar-refractivity contribution in [3.63, 3.8) is 0 Å². The zero-order chi connectivity index (χ0) is 18.7. The van der Waals surface area contributed by atoms with Gasteiger partial charge in [-0.25, -0.2) is 4.79 Å². The van der Waals surface area contributed by atoms with Gasteiger partial charge in [0.25, 0.3) is 0 Å². The second-order valence-electron chi connectivity index (χ2n) is 6.08. The highest BCUT2D eigenvalue weighted by molar-refractivity contribution is 5.75. The monoisotopic (exact) mass is 353 g/mol. The Kier molecular flexibility index (Phi) is 4.92. The lowest BCUT2D eigenvalue weighted by Crippen LogP contribution is -2.35. The Balaban J connectivity index is 1.69. The van der Waals surface area contributed by atoms with Gasteiger partial charge in [0, 0.05) is 42.5 Å². The Labute approximate surface area is 150 Å². The fraction of sp³-hybridized carbons (Fsp3) is 0.278. The van der Waals surface area contributed by atoms with Crippen molar-refractivity contribution in [3.05, 3.63) is 64.3 Å². The van der Waals surface area contributed by atoms with Crippen molar-refractivity contribution in [2.24, 2.45) is 0 Å². The molecule has 0 aliphatic carbocycles. The fourth-order valence-corrected chi connectivity index (χ4v) is 2.58. The van der Waals surface area contributed by atoms with Gasteiger partial charge in [0.05, 0.1) is 6.54 Å². The fourth-order valence-electron chi connectivity index (χ4n) is 2.58. The first-order valence-electron chi connectivity index (χ1n) is 8.09. The summed E-state index contributed by atoms with van der Waals surface area (Å²) in [5.41, 5.74) is 2.40. The second-order valence-corrected chi connectivity index (χ2v) is 6.08. The third-order valence-electron chi connectivity index (χ3n) is 3.97. The normalized spacial score (nSPS) is 10.7. The van der Waals surface area contributed by atoms with Crippen LogP contribution in [0.1, 0.15) is 17.1 Å². The highest BCUT2D eigenvalue weighted by atomic mass is 16.5. The SMILES string of the molecule is Cc1cc(C)n(CC(=O)N(C)Cc2cc(-c3cccnc3)no2)c(=O)n1. The Hall–Kier alpha value is -3.29. The van der Waals surface area contributed by atoms with Crippen LogP contribution in [0, 0.1) is 13.8 Å². The molecule has 0 N–H and O–H groups in total. The van der Waals surface area contributed by atoms with Gasteiger partial charge in [-0.3, -0.25) is 14.3 Å². The van der Waals surface area contributed by atoms with Crippen molar-refractivity contribution >= 4 is 5.91 Å². The van der Waals surface area contributed by atoms with Crippen molar-refractivity contribution in [2.45, 2.75) is 26.9 Å². The van der Waals surface area contributed by atoms with E-state index in [2.05, 4.69) is 15.1 Å². The Bertz CT molecular complexity index is 978. The lowest BCUT2D eigenvalue weighted by Gasteiger charge is -2.17. The number of carbonyl (C=O) groups is 1. The van der Waals surface area contributed by atoms with Crippen LogP contribution < -0.4 is 5.69 Å². The van der Waals surface area contributed by atoms with E-state index in [0.717, 1.165) is 5.56 Å². The molecule has 0 bridgehead atoms. The molecule has 0 atom stereocenters. The van der Waals surface area contributed by atoms with Gasteiger partial charge in [-0.2, -0.15) is 4.98 Å². The lowest BCUT2D eigenvalue weighted by molar-refractivity contribution is -0.131. The van der Waals surface area contributed by atoms with E-state index in [1.807, 2.05) is 12.1 Å². The van der Waals surface area contributed by atoms with Gasteiger partial charge in [-0.1, -0.05) is 5.16 Å². The average Bonchev–Trinajstić information content (AvgIpc) is 3.07. The minimum Gasteiger partial charge on any atom is -0.359 e. The van der Waals surface area contributed by atoms with E-state index < -0.39 is 5.69 Å². The maximum atomic E-state index is 12.4. The number of carbonyl (C=O) groups excluding carboxylic acids is 1. The number of amides is 1. The minimum atomic E-state index is -0.428. The molecule has 0 unspecified atom stereocenters. The van der Waals surface area contributed by atoms with Crippen LogP contribution in [0.25, 0.3) is 11.3 Å². The summed E-state index contributed by atoms with van der Waals surface area (Å²) in [6, 6.07) is 7.23. The largest absolute Gasteiger partial charge is 0.359 e. The standard InChI is InChI=1S/C18H19N5O3/c1-12-7-13(2)23(18(25)20-12)11-17(24)22(3)10-15-8-16(21-26-15)14-5-4-6-19-9-14/h4-9H,10-11H2,1-3H3. The molecule has 3 aromatic rings. The Morgan fingerprint density at radius 3 is 2.81 bits per heavy atom. The third kappa shape index (κ3) is 3.85. The molecule has 8 heteroatoms. The number of rotatable bonds is 5. The molecule has 8 nitrogen and oxygen atoms in total. The summed E-state index contributed by atoms with van der Waals surface area (Å²) in [5.74, 6) is 0.325. The summed E-state index contributed by atoms with van der Waals surface area (Å²) < 4.78 is 6.66. The van der Waals surface area contributed by atoms with Gasteiger partial charge < -0.3 is 9.42 Å². The first kappa shape index (κ1) is 17.5. The van der Waals surface area contributed by atoms with E-state index >= 15 is 0 Å². The highest BCUT2D eigenvalue weighted by Gasteiger charge is 2.16. The molecular weight excluding hydrogens is 334 g/mol. The van der Waals surface area contributed by atoms with Crippen LogP contribution in [0.2, 0.25) is 0 Å². The molecular formula is C18H19N5O3. The molecule has 3 heterocycles. The summed E-state index contributed by atoms with van der Waals surface area (Å²) in [5, 5.41) is 4.00. The molecule has 0 aliphatic heterocycles. The quantitative estimate of drug-likeness (QED) is 0.691. The summed E-state index contributed by atoms with van der Waals surface area (Å²) in [6.45, 7) is 3.70. The number of hydrogen-bond donors (Lipinski definition) is 0. The summed E-state index contributed by atoms with van der Waals surface area (Å²) >= 11 is 0. The third-order valence-corrected chi connectivity index (χ3v) is 3.97. The van der Waals surface area contributed by atoms with Gasteiger partial charge >= 0.3 is 5.69 Å². The van der Waals surface area contributed by atoms with Crippen LogP contribution in [0.3, 0.4) is 0 Å². The summed E-state index contributed by atoms with van der Waals surface area (Å²) in [6.07, 6.45) is 3.37. The van der Waals surface area contributed by atoms with Crippen molar-refractivity contribution in [3.8, 4) is 11.3 Å². The van der Waals surface area contributed by atoms with E-state index in [9.17, 15) is 9.59 Å². The van der Waals surface area contributed by atoms with E-state index in [1.54, 1.807) is 45.4 Å². The summed E-state index contributed by atoms with van der Waals surface area (Å²) in [7, 11) is 1.65. The highest BCUT2D eigenvalue weighted by Crippen LogP contribution is 2.18. The molecule has 0 saturated heterocycles. The molecule has 0 spiro atoms. The Morgan fingerprint density at radius 2 is 2.12 bits per heavy atom. The molecule has 0 fully saturated rings. The molecule has 26 heavy (non-hydrogen) atoms. The van der Waals surface area contributed by atoms with Crippen molar-refractivity contribution in [2.75, 3.05) is 7.05 Å². The van der Waals surface area contributed by atoms with Crippen LogP contribution >= 0.6 is 0 Å². The first-order chi connectivity index (χ1) is 12.4. The zero-order valence-electron chi connectivity index (χ0n) is 14.8. The molecule has 0 aromatic carbocycles. The zero-order valence-corrected chi connectivity index (χ0v) is 14.8. The molecule has 1 amide bonds. The number of likely N-dealkylation sites (N-methyl/N-ethyl adjacent to an activating group) is 1. The number of pyridine rings is 1. The lowest BCUT2D eigenvalue weighted by atomic mass is 10.2. The molecule has 3 rings (SSSR count). The van der Waals surface area contributed by atoms with Crippen molar-refractivity contribution in [1.82, 2.24) is 24.6 Å². The van der Waals surface area contributed by atoms with Crippen LogP contribution in [0.4, 0.5) is 0 Å². The number of hydrogen-bond acceptors (Lipinski definition) is 6. The predicted molar refractivity (Wildman–Crippen MR) is 94.2 cm³/mol. The van der Waals surface area contributed by atoms with Gasteiger partial charge in [-0.05, 0) is 32.0 Å². The number of aryl methyl sites for hydroxylation is 2. The van der Waals surface area contributed by atoms with E-state index in [4.69, 9.17) is 4.52 Å². The van der Waals surface area contributed by atoms with Crippen LogP contribution in [0.15, 0.2) is 46.0 Å². The molecule has 3 aromatic heterocycles. The van der Waals surface area contributed by atoms with Crippen molar-refractivity contribution in [1.29, 1.82) is 0 Å². The van der Waals surface area contributed by atoms with Gasteiger partial charge in [0.1, 0.15) is 12.2 Å². The van der Waals surface area contributed by atoms with Crippen LogP contribution in [-0.4, -0.2) is 37.5 Å². The van der Waals surface area contributed by atoms with Crippen molar-refractivity contribution < 1.29 is 9.32 Å². The van der Waals surface area contributed by atoms with Gasteiger partial charge in [0.15, 0.2) is 5.76 Å². The van der Waals surface area contributed by atoms with Crippen LogP contribution in [-0.2, 0) is 17.9 Å². The first-order valence-corrected chi connectivity index (χ1v) is 8.09. The predicted octanol–water partition coefficient (Wildman–Crippen LogP) is 1.57. The maximum Gasteiger partial charge on any atom is 0.348 e. The van der Waals surface area contributed by atoms with E-state index in [1.165, 1.54) is 9.47 Å².